The van der Waals surface area contributed by atoms with Crippen LogP contribution >= 0.6 is 11.6 Å². The molecule has 0 saturated carbocycles. The number of hydrogen-bond donors (Lipinski definition) is 1. The number of carbonyl (C=O) groups is 1. The number of benzene rings is 2. The van der Waals surface area contributed by atoms with E-state index in [0.717, 1.165) is 19.5 Å². The maximum Gasteiger partial charge on any atom is 0.251 e. The number of amides is 1. The molecule has 0 spiro atoms. The molecule has 21 heavy (non-hydrogen) atoms. The van der Waals surface area contributed by atoms with Gasteiger partial charge in [-0.25, -0.2) is 0 Å². The molecule has 2 aromatic rings. The van der Waals surface area contributed by atoms with Crippen molar-refractivity contribution in [2.24, 2.45) is 0 Å². The highest BCUT2D eigenvalue weighted by Crippen LogP contribution is 2.26. The number of carbonyl (C=O) groups excluding carboxylic acids is 1. The molecule has 1 amide bonds. The van der Waals surface area contributed by atoms with Crippen LogP contribution in [0.4, 0.5) is 5.69 Å². The summed E-state index contributed by atoms with van der Waals surface area (Å²) in [6, 6.07) is 15.4. The number of para-hydroxylation sites is 1. The number of hydrogen-bond acceptors (Lipinski definition) is 2. The summed E-state index contributed by atoms with van der Waals surface area (Å²) in [4.78, 5) is 14.3. The smallest absolute Gasteiger partial charge is 0.251 e. The molecule has 2 aromatic carbocycles. The highest BCUT2D eigenvalue weighted by atomic mass is 35.5. The van der Waals surface area contributed by atoms with E-state index in [1.807, 2.05) is 0 Å². The van der Waals surface area contributed by atoms with E-state index < -0.39 is 0 Å². The Balaban J connectivity index is 1.53. The first-order chi connectivity index (χ1) is 10.2. The van der Waals surface area contributed by atoms with E-state index in [9.17, 15) is 4.79 Å². The molecule has 0 aliphatic carbocycles. The lowest BCUT2D eigenvalue weighted by atomic mass is 10.2. The van der Waals surface area contributed by atoms with Gasteiger partial charge in [-0.1, -0.05) is 29.8 Å². The molecule has 0 atom stereocenters. The third-order valence-electron chi connectivity index (χ3n) is 3.76. The standard InChI is InChI=1S/C17H17ClN2O/c18-15-7-5-14(6-8-15)17(21)19-10-12-20-11-9-13-3-1-2-4-16(13)20/h1-8H,9-12H2,(H,19,21). The van der Waals surface area contributed by atoms with Crippen LogP contribution in [0.5, 0.6) is 0 Å². The minimum atomic E-state index is -0.0563. The van der Waals surface area contributed by atoms with Gasteiger partial charge in [0.05, 0.1) is 0 Å². The Morgan fingerprint density at radius 2 is 1.90 bits per heavy atom. The fourth-order valence-electron chi connectivity index (χ4n) is 2.65. The monoisotopic (exact) mass is 300 g/mol. The van der Waals surface area contributed by atoms with E-state index in [-0.39, 0.29) is 5.91 Å². The summed E-state index contributed by atoms with van der Waals surface area (Å²) in [5, 5.41) is 3.59. The zero-order valence-electron chi connectivity index (χ0n) is 11.7. The Kier molecular flexibility index (Phi) is 4.11. The quantitative estimate of drug-likeness (QED) is 0.941. The van der Waals surface area contributed by atoms with Crippen LogP contribution < -0.4 is 10.2 Å². The molecule has 108 valence electrons. The Bertz CT molecular complexity index is 639. The fraction of sp³-hybridized carbons (Fsp3) is 0.235. The van der Waals surface area contributed by atoms with E-state index in [1.54, 1.807) is 24.3 Å². The number of anilines is 1. The largest absolute Gasteiger partial charge is 0.369 e. The topological polar surface area (TPSA) is 32.3 Å². The van der Waals surface area contributed by atoms with Crippen molar-refractivity contribution >= 4 is 23.2 Å². The van der Waals surface area contributed by atoms with E-state index in [4.69, 9.17) is 11.6 Å². The van der Waals surface area contributed by atoms with Gasteiger partial charge < -0.3 is 10.2 Å². The molecule has 4 heteroatoms. The number of rotatable bonds is 4. The fourth-order valence-corrected chi connectivity index (χ4v) is 2.77. The van der Waals surface area contributed by atoms with Gasteiger partial charge in [0.1, 0.15) is 0 Å². The van der Waals surface area contributed by atoms with Gasteiger partial charge in [0.15, 0.2) is 0 Å². The molecule has 1 aliphatic rings. The molecule has 1 heterocycles. The molecule has 1 aliphatic heterocycles. The summed E-state index contributed by atoms with van der Waals surface area (Å²) in [7, 11) is 0. The summed E-state index contributed by atoms with van der Waals surface area (Å²) in [6.07, 6.45) is 1.08. The van der Waals surface area contributed by atoms with Crippen LogP contribution in [0, 0.1) is 0 Å². The zero-order chi connectivity index (χ0) is 14.7. The molecule has 0 fully saturated rings. The molecule has 0 radical (unpaired) electrons. The van der Waals surface area contributed by atoms with Gasteiger partial charge in [-0.2, -0.15) is 0 Å². The minimum absolute atomic E-state index is 0.0563. The number of nitrogens with zero attached hydrogens (tertiary/aromatic N) is 1. The molecular weight excluding hydrogens is 284 g/mol. The second kappa shape index (κ2) is 6.19. The van der Waals surface area contributed by atoms with Crippen LogP contribution in [0.25, 0.3) is 0 Å². The van der Waals surface area contributed by atoms with Crippen molar-refractivity contribution in [3.8, 4) is 0 Å². The van der Waals surface area contributed by atoms with Crippen LogP contribution in [0.3, 0.4) is 0 Å². The second-order valence-corrected chi connectivity index (χ2v) is 5.56. The average Bonchev–Trinajstić information content (AvgIpc) is 2.91. The maximum absolute atomic E-state index is 12.0. The molecule has 0 saturated heterocycles. The molecule has 0 unspecified atom stereocenters. The number of halogens is 1. The van der Waals surface area contributed by atoms with Crippen molar-refractivity contribution in [1.29, 1.82) is 0 Å². The Morgan fingerprint density at radius 3 is 2.71 bits per heavy atom. The third kappa shape index (κ3) is 3.19. The van der Waals surface area contributed by atoms with E-state index in [0.29, 0.717) is 17.1 Å². The van der Waals surface area contributed by atoms with Crippen molar-refractivity contribution in [2.75, 3.05) is 24.5 Å². The SMILES string of the molecule is O=C(NCCN1CCc2ccccc21)c1ccc(Cl)cc1. The Morgan fingerprint density at radius 1 is 1.14 bits per heavy atom. The summed E-state index contributed by atoms with van der Waals surface area (Å²) >= 11 is 5.82. The molecule has 0 aromatic heterocycles. The van der Waals surface area contributed by atoms with Gasteiger partial charge >= 0.3 is 0 Å². The Hall–Kier alpha value is -2.00. The van der Waals surface area contributed by atoms with E-state index in [2.05, 4.69) is 34.5 Å². The highest BCUT2D eigenvalue weighted by Gasteiger charge is 2.17. The minimum Gasteiger partial charge on any atom is -0.369 e. The molecule has 1 N–H and O–H groups in total. The Labute approximate surface area is 129 Å². The van der Waals surface area contributed by atoms with Gasteiger partial charge in [-0.05, 0) is 42.3 Å². The predicted octanol–water partition coefficient (Wildman–Crippen LogP) is 3.13. The van der Waals surface area contributed by atoms with Crippen molar-refractivity contribution in [3.05, 3.63) is 64.7 Å². The summed E-state index contributed by atoms with van der Waals surface area (Å²) in [5.41, 5.74) is 3.32. The number of fused-ring (bicyclic) bond motifs is 1. The third-order valence-corrected chi connectivity index (χ3v) is 4.01. The van der Waals surface area contributed by atoms with Crippen LogP contribution in [-0.2, 0) is 6.42 Å². The van der Waals surface area contributed by atoms with Gasteiger partial charge in [0.2, 0.25) is 0 Å². The lowest BCUT2D eigenvalue weighted by molar-refractivity contribution is 0.0954. The molecular formula is C17H17ClN2O. The van der Waals surface area contributed by atoms with Crippen LogP contribution in [-0.4, -0.2) is 25.5 Å². The highest BCUT2D eigenvalue weighted by molar-refractivity contribution is 6.30. The van der Waals surface area contributed by atoms with Crippen LogP contribution in [0.2, 0.25) is 5.02 Å². The second-order valence-electron chi connectivity index (χ2n) is 5.13. The predicted molar refractivity (Wildman–Crippen MR) is 86.1 cm³/mol. The van der Waals surface area contributed by atoms with E-state index in [1.165, 1.54) is 11.3 Å². The van der Waals surface area contributed by atoms with Gasteiger partial charge in [-0.15, -0.1) is 0 Å². The van der Waals surface area contributed by atoms with Gasteiger partial charge in [-0.3, -0.25) is 4.79 Å². The van der Waals surface area contributed by atoms with Gasteiger partial charge in [0, 0.05) is 35.9 Å². The lowest BCUT2D eigenvalue weighted by Gasteiger charge is -2.19. The molecule has 3 rings (SSSR count). The first kappa shape index (κ1) is 14.0. The van der Waals surface area contributed by atoms with Crippen molar-refractivity contribution in [1.82, 2.24) is 5.32 Å². The first-order valence-electron chi connectivity index (χ1n) is 7.10. The van der Waals surface area contributed by atoms with Crippen molar-refractivity contribution in [3.63, 3.8) is 0 Å². The van der Waals surface area contributed by atoms with Crippen LogP contribution in [0.1, 0.15) is 15.9 Å². The summed E-state index contributed by atoms with van der Waals surface area (Å²) in [6.45, 7) is 2.49. The van der Waals surface area contributed by atoms with Crippen molar-refractivity contribution in [2.45, 2.75) is 6.42 Å². The van der Waals surface area contributed by atoms with E-state index >= 15 is 0 Å². The first-order valence-corrected chi connectivity index (χ1v) is 7.48. The maximum atomic E-state index is 12.0. The van der Waals surface area contributed by atoms with Gasteiger partial charge in [0.25, 0.3) is 5.91 Å². The average molecular weight is 301 g/mol. The van der Waals surface area contributed by atoms with Crippen molar-refractivity contribution < 1.29 is 4.79 Å². The number of nitrogens with one attached hydrogen (secondary N) is 1. The molecule has 3 nitrogen and oxygen atoms in total. The molecule has 0 bridgehead atoms. The zero-order valence-corrected chi connectivity index (χ0v) is 12.4. The van der Waals surface area contributed by atoms with Crippen LogP contribution in [0.15, 0.2) is 48.5 Å². The normalized spacial score (nSPS) is 13.1. The summed E-state index contributed by atoms with van der Waals surface area (Å²) < 4.78 is 0. The lowest BCUT2D eigenvalue weighted by Crippen LogP contribution is -2.34. The summed E-state index contributed by atoms with van der Waals surface area (Å²) in [5.74, 6) is -0.0563.